The van der Waals surface area contributed by atoms with E-state index in [9.17, 15) is 18.4 Å². The molecule has 2 aromatic rings. The second kappa shape index (κ2) is 8.45. The molecule has 9 heteroatoms. The quantitative estimate of drug-likeness (QED) is 0.662. The van der Waals surface area contributed by atoms with Crippen molar-refractivity contribution in [2.75, 3.05) is 18.4 Å². The van der Waals surface area contributed by atoms with Crippen LogP contribution in [0.3, 0.4) is 0 Å². The minimum Gasteiger partial charge on any atom is -0.382 e. The van der Waals surface area contributed by atoms with Crippen molar-refractivity contribution < 1.29 is 18.4 Å². The predicted octanol–water partition coefficient (Wildman–Crippen LogP) is 4.10. The number of piperidine rings is 1. The Morgan fingerprint density at radius 1 is 1.18 bits per heavy atom. The lowest BCUT2D eigenvalue weighted by atomic mass is 9.75. The van der Waals surface area contributed by atoms with Gasteiger partial charge in [0, 0.05) is 37.3 Å². The summed E-state index contributed by atoms with van der Waals surface area (Å²) in [6.07, 6.45) is 2.27. The molecule has 2 fully saturated rings. The van der Waals surface area contributed by atoms with E-state index in [1.807, 2.05) is 13.8 Å². The maximum atomic E-state index is 13.8. The Hall–Kier alpha value is -2.81. The standard InChI is InChI=1S/C25H31F2N5O2/c1-25(2)12-19-21(20(33)13-25)22(23(26)27)30-32(19)16-5-6-17(24(28)34)18(11-16)29-14-7-9-31(10-8-14)15-3-4-15/h5-6,11,14-15,23,29H,3-4,7-10,12-13H2,1-2H3,(H2,28,34). The number of carbonyl (C=O) groups is 2. The van der Waals surface area contributed by atoms with Gasteiger partial charge in [0.05, 0.1) is 22.5 Å². The van der Waals surface area contributed by atoms with E-state index in [0.717, 1.165) is 32.0 Å². The molecule has 1 saturated heterocycles. The van der Waals surface area contributed by atoms with Crippen molar-refractivity contribution in [3.8, 4) is 5.69 Å². The predicted molar refractivity (Wildman–Crippen MR) is 125 cm³/mol. The maximum Gasteiger partial charge on any atom is 0.282 e. The van der Waals surface area contributed by atoms with Crippen LogP contribution in [0, 0.1) is 5.41 Å². The van der Waals surface area contributed by atoms with Gasteiger partial charge in [-0.1, -0.05) is 13.8 Å². The number of amides is 1. The lowest BCUT2D eigenvalue weighted by Gasteiger charge is -2.33. The van der Waals surface area contributed by atoms with Gasteiger partial charge in [-0.05, 0) is 55.7 Å². The molecule has 0 radical (unpaired) electrons. The van der Waals surface area contributed by atoms with Gasteiger partial charge in [0.1, 0.15) is 5.69 Å². The Balaban J connectivity index is 1.49. The van der Waals surface area contributed by atoms with E-state index < -0.39 is 18.0 Å². The van der Waals surface area contributed by atoms with Crippen LogP contribution in [0.5, 0.6) is 0 Å². The third-order valence-electron chi connectivity index (χ3n) is 7.24. The largest absolute Gasteiger partial charge is 0.382 e. The fourth-order valence-electron chi connectivity index (χ4n) is 5.41. The molecule has 1 saturated carbocycles. The van der Waals surface area contributed by atoms with Crippen molar-refractivity contribution in [3.63, 3.8) is 0 Å². The van der Waals surface area contributed by atoms with Crippen LogP contribution in [0.2, 0.25) is 0 Å². The van der Waals surface area contributed by atoms with Crippen LogP contribution in [-0.2, 0) is 6.42 Å². The van der Waals surface area contributed by atoms with Gasteiger partial charge in [0.2, 0.25) is 0 Å². The molecular formula is C25H31F2N5O2. The van der Waals surface area contributed by atoms with Gasteiger partial charge in [-0.2, -0.15) is 5.10 Å². The summed E-state index contributed by atoms with van der Waals surface area (Å²) < 4.78 is 29.0. The number of ketones is 1. The number of nitrogens with zero attached hydrogens (tertiary/aromatic N) is 3. The zero-order valence-corrected chi connectivity index (χ0v) is 19.6. The molecule has 182 valence electrons. The minimum absolute atomic E-state index is 0.0373. The van der Waals surface area contributed by atoms with Crippen LogP contribution in [-0.4, -0.2) is 51.5 Å². The Labute approximate surface area is 197 Å². The van der Waals surface area contributed by atoms with Crippen molar-refractivity contribution in [3.05, 3.63) is 40.7 Å². The summed E-state index contributed by atoms with van der Waals surface area (Å²) in [6.45, 7) is 5.92. The van der Waals surface area contributed by atoms with Crippen molar-refractivity contribution >= 4 is 17.4 Å². The molecule has 34 heavy (non-hydrogen) atoms. The van der Waals surface area contributed by atoms with Crippen LogP contribution in [0.15, 0.2) is 18.2 Å². The average Bonchev–Trinajstić information content (AvgIpc) is 3.54. The minimum atomic E-state index is -2.85. The highest BCUT2D eigenvalue weighted by atomic mass is 19.3. The molecule has 1 aromatic carbocycles. The molecule has 0 spiro atoms. The number of hydrogen-bond donors (Lipinski definition) is 2. The molecule has 2 aliphatic carbocycles. The van der Waals surface area contributed by atoms with E-state index in [4.69, 9.17) is 5.73 Å². The Kier molecular flexibility index (Phi) is 5.70. The number of benzene rings is 1. The number of nitrogens with two attached hydrogens (primary N) is 1. The zero-order chi connectivity index (χ0) is 24.2. The van der Waals surface area contributed by atoms with Crippen LogP contribution in [0.25, 0.3) is 5.69 Å². The second-order valence-corrected chi connectivity index (χ2v) is 10.6. The van der Waals surface area contributed by atoms with Crippen LogP contribution >= 0.6 is 0 Å². The first-order chi connectivity index (χ1) is 16.1. The Bertz CT molecular complexity index is 1130. The number of alkyl halides is 2. The van der Waals surface area contributed by atoms with Crippen molar-refractivity contribution in [2.24, 2.45) is 11.1 Å². The summed E-state index contributed by atoms with van der Waals surface area (Å²) in [6, 6.07) is 5.91. The Morgan fingerprint density at radius 2 is 1.88 bits per heavy atom. The summed E-state index contributed by atoms with van der Waals surface area (Å²) in [7, 11) is 0. The van der Waals surface area contributed by atoms with Crippen LogP contribution < -0.4 is 11.1 Å². The average molecular weight is 472 g/mol. The number of Topliss-reactive ketones (excluding diaryl/α,β-unsaturated/α-hetero) is 1. The molecule has 1 amide bonds. The second-order valence-electron chi connectivity index (χ2n) is 10.6. The van der Waals surface area contributed by atoms with Gasteiger partial charge < -0.3 is 16.0 Å². The molecule has 5 rings (SSSR count). The third-order valence-corrected chi connectivity index (χ3v) is 7.24. The van der Waals surface area contributed by atoms with Crippen molar-refractivity contribution in [1.82, 2.24) is 14.7 Å². The zero-order valence-electron chi connectivity index (χ0n) is 19.6. The van der Waals surface area contributed by atoms with Crippen molar-refractivity contribution in [1.29, 1.82) is 0 Å². The highest BCUT2D eigenvalue weighted by Crippen LogP contribution is 2.40. The fraction of sp³-hybridized carbons (Fsp3) is 0.560. The molecule has 7 nitrogen and oxygen atoms in total. The highest BCUT2D eigenvalue weighted by Gasteiger charge is 2.39. The van der Waals surface area contributed by atoms with Crippen molar-refractivity contribution in [2.45, 2.75) is 70.9 Å². The van der Waals surface area contributed by atoms with Gasteiger partial charge in [-0.3, -0.25) is 9.59 Å². The monoisotopic (exact) mass is 471 g/mol. The number of halogens is 2. The fourth-order valence-corrected chi connectivity index (χ4v) is 5.41. The molecular weight excluding hydrogens is 440 g/mol. The number of anilines is 1. The smallest absolute Gasteiger partial charge is 0.282 e. The molecule has 1 aromatic heterocycles. The Morgan fingerprint density at radius 3 is 2.50 bits per heavy atom. The normalized spacial score (nSPS) is 21.0. The van der Waals surface area contributed by atoms with Gasteiger partial charge in [0.25, 0.3) is 12.3 Å². The number of hydrogen-bond acceptors (Lipinski definition) is 5. The number of primary amides is 1. The molecule has 0 atom stereocenters. The number of likely N-dealkylation sites (tertiary alicyclic amines) is 1. The summed E-state index contributed by atoms with van der Waals surface area (Å²) in [4.78, 5) is 27.4. The number of aromatic nitrogens is 2. The first kappa shape index (κ1) is 23.0. The molecule has 2 heterocycles. The van der Waals surface area contributed by atoms with Gasteiger partial charge in [-0.25, -0.2) is 13.5 Å². The topological polar surface area (TPSA) is 93.2 Å². The number of fused-ring (bicyclic) bond motifs is 1. The number of rotatable bonds is 6. The number of nitrogens with one attached hydrogen (secondary N) is 1. The SMILES string of the molecule is CC1(C)CC(=O)c2c(C(F)F)nn(-c3ccc(C(N)=O)c(NC4CCN(C5CC5)CC4)c3)c2C1. The maximum absolute atomic E-state index is 13.8. The molecule has 0 unspecified atom stereocenters. The first-order valence-electron chi connectivity index (χ1n) is 12.0. The molecule has 0 bridgehead atoms. The van der Waals surface area contributed by atoms with E-state index in [1.165, 1.54) is 17.5 Å². The van der Waals surface area contributed by atoms with Crippen LogP contribution in [0.1, 0.15) is 84.5 Å². The summed E-state index contributed by atoms with van der Waals surface area (Å²) in [5.74, 6) is -0.862. The third kappa shape index (κ3) is 4.33. The lowest BCUT2D eigenvalue weighted by Crippen LogP contribution is -2.40. The van der Waals surface area contributed by atoms with E-state index in [2.05, 4.69) is 15.3 Å². The molecule has 3 aliphatic rings. The summed E-state index contributed by atoms with van der Waals surface area (Å²) in [5.41, 5.74) is 6.77. The highest BCUT2D eigenvalue weighted by molar-refractivity contribution is 6.00. The van der Waals surface area contributed by atoms with E-state index in [0.29, 0.717) is 29.1 Å². The molecule has 1 aliphatic heterocycles. The molecule has 3 N–H and O–H groups in total. The first-order valence-corrected chi connectivity index (χ1v) is 12.0. The van der Waals surface area contributed by atoms with Gasteiger partial charge in [-0.15, -0.1) is 0 Å². The van der Waals surface area contributed by atoms with E-state index in [1.54, 1.807) is 18.2 Å². The lowest BCUT2D eigenvalue weighted by molar-refractivity contribution is 0.0896. The summed E-state index contributed by atoms with van der Waals surface area (Å²) >= 11 is 0. The van der Waals surface area contributed by atoms with E-state index in [-0.39, 0.29) is 29.2 Å². The number of carbonyl (C=O) groups excluding carboxylic acids is 2. The van der Waals surface area contributed by atoms with Gasteiger partial charge in [0.15, 0.2) is 5.78 Å². The summed E-state index contributed by atoms with van der Waals surface area (Å²) in [5, 5.41) is 7.64. The van der Waals surface area contributed by atoms with Gasteiger partial charge >= 0.3 is 0 Å². The van der Waals surface area contributed by atoms with E-state index >= 15 is 0 Å². The van der Waals surface area contributed by atoms with Crippen LogP contribution in [0.4, 0.5) is 14.5 Å².